The highest BCUT2D eigenvalue weighted by molar-refractivity contribution is 5.84. The van der Waals surface area contributed by atoms with Crippen molar-refractivity contribution in [3.05, 3.63) is 78.5 Å². The zero-order chi connectivity index (χ0) is 18.9. The van der Waals surface area contributed by atoms with Gasteiger partial charge in [0.15, 0.2) is 0 Å². The average Bonchev–Trinajstić information content (AvgIpc) is 2.70. The normalized spacial score (nSPS) is 10.1. The molecule has 6 nitrogen and oxygen atoms in total. The van der Waals surface area contributed by atoms with Gasteiger partial charge in [0.05, 0.1) is 18.5 Å². The molecule has 0 aliphatic carbocycles. The number of nitrogens with zero attached hydrogens (tertiary/aromatic N) is 1. The van der Waals surface area contributed by atoms with Crippen molar-refractivity contribution in [2.45, 2.75) is 13.5 Å². The summed E-state index contributed by atoms with van der Waals surface area (Å²) in [6.45, 7) is 2.61. The summed E-state index contributed by atoms with van der Waals surface area (Å²) in [5.41, 5.74) is 2.59. The first kappa shape index (κ1) is 18.3. The third-order valence-corrected chi connectivity index (χ3v) is 3.66. The molecule has 0 saturated carbocycles. The molecule has 2 N–H and O–H groups in total. The number of aromatic nitrogens is 1. The Kier molecular flexibility index (Phi) is 6.25. The van der Waals surface area contributed by atoms with Crippen molar-refractivity contribution in [3.63, 3.8) is 0 Å². The number of carbonyl (C=O) groups is 1. The van der Waals surface area contributed by atoms with Gasteiger partial charge in [-0.05, 0) is 48.9 Å². The Labute approximate surface area is 158 Å². The van der Waals surface area contributed by atoms with E-state index in [4.69, 9.17) is 9.47 Å². The number of rotatable bonds is 7. The van der Waals surface area contributed by atoms with Crippen LogP contribution in [0.3, 0.4) is 0 Å². The monoisotopic (exact) mass is 363 g/mol. The minimum Gasteiger partial charge on any atom is -0.489 e. The molecule has 138 valence electrons. The number of carbonyl (C=O) groups excluding carboxylic acids is 1. The zero-order valence-electron chi connectivity index (χ0n) is 15.0. The van der Waals surface area contributed by atoms with Gasteiger partial charge in [0.1, 0.15) is 18.2 Å². The summed E-state index contributed by atoms with van der Waals surface area (Å²) in [6.07, 6.45) is 1.07. The average molecular weight is 363 g/mol. The van der Waals surface area contributed by atoms with E-state index in [0.29, 0.717) is 24.7 Å². The van der Waals surface area contributed by atoms with Crippen LogP contribution in [-0.4, -0.2) is 17.7 Å². The SMILES string of the molecule is CCOC(=O)Nc1ccc(Nc2ccc(OCc3ccccc3)cc2)nc1. The van der Waals surface area contributed by atoms with Gasteiger partial charge in [-0.25, -0.2) is 9.78 Å². The van der Waals surface area contributed by atoms with Crippen LogP contribution in [0.1, 0.15) is 12.5 Å². The van der Waals surface area contributed by atoms with Crippen molar-refractivity contribution in [1.82, 2.24) is 4.98 Å². The van der Waals surface area contributed by atoms with Crippen LogP contribution in [0.5, 0.6) is 5.75 Å². The Bertz CT molecular complexity index is 850. The van der Waals surface area contributed by atoms with Crippen LogP contribution in [0.25, 0.3) is 0 Å². The predicted molar refractivity (Wildman–Crippen MR) is 105 cm³/mol. The maximum Gasteiger partial charge on any atom is 0.411 e. The quantitative estimate of drug-likeness (QED) is 0.620. The van der Waals surface area contributed by atoms with Crippen LogP contribution in [0, 0.1) is 0 Å². The van der Waals surface area contributed by atoms with Crippen LogP contribution in [-0.2, 0) is 11.3 Å². The number of benzene rings is 2. The molecule has 0 aliphatic heterocycles. The number of nitrogens with one attached hydrogen (secondary N) is 2. The molecule has 0 atom stereocenters. The Hall–Kier alpha value is -3.54. The second-order valence-corrected chi connectivity index (χ2v) is 5.70. The number of ether oxygens (including phenoxy) is 2. The molecule has 1 heterocycles. The molecule has 2 aromatic carbocycles. The van der Waals surface area contributed by atoms with E-state index in [9.17, 15) is 4.79 Å². The first-order valence-electron chi connectivity index (χ1n) is 8.66. The van der Waals surface area contributed by atoms with E-state index in [2.05, 4.69) is 15.6 Å². The van der Waals surface area contributed by atoms with Crippen LogP contribution in [0.2, 0.25) is 0 Å². The summed E-state index contributed by atoms with van der Waals surface area (Å²) in [5.74, 6) is 1.47. The van der Waals surface area contributed by atoms with E-state index < -0.39 is 6.09 Å². The minimum absolute atomic E-state index is 0.323. The fourth-order valence-corrected chi connectivity index (χ4v) is 2.35. The van der Waals surface area contributed by atoms with Gasteiger partial charge in [-0.2, -0.15) is 0 Å². The Morgan fingerprint density at radius 2 is 1.70 bits per heavy atom. The minimum atomic E-state index is -0.494. The highest BCUT2D eigenvalue weighted by Gasteiger charge is 2.03. The maximum atomic E-state index is 11.4. The van der Waals surface area contributed by atoms with Gasteiger partial charge in [0.2, 0.25) is 0 Å². The van der Waals surface area contributed by atoms with Crippen molar-refractivity contribution in [1.29, 1.82) is 0 Å². The van der Waals surface area contributed by atoms with Gasteiger partial charge in [0.25, 0.3) is 0 Å². The molecule has 1 aromatic heterocycles. The van der Waals surface area contributed by atoms with Crippen LogP contribution in [0.15, 0.2) is 72.9 Å². The molecule has 1 amide bonds. The molecule has 0 unspecified atom stereocenters. The molecule has 6 heteroatoms. The van der Waals surface area contributed by atoms with Crippen LogP contribution in [0.4, 0.5) is 22.0 Å². The van der Waals surface area contributed by atoms with Crippen LogP contribution < -0.4 is 15.4 Å². The molecule has 0 spiro atoms. The first-order valence-corrected chi connectivity index (χ1v) is 8.66. The lowest BCUT2D eigenvalue weighted by Crippen LogP contribution is -2.13. The lowest BCUT2D eigenvalue weighted by atomic mass is 10.2. The largest absolute Gasteiger partial charge is 0.489 e. The molecule has 27 heavy (non-hydrogen) atoms. The second-order valence-electron chi connectivity index (χ2n) is 5.70. The van der Waals surface area contributed by atoms with Gasteiger partial charge in [-0.1, -0.05) is 30.3 Å². The van der Waals surface area contributed by atoms with Crippen molar-refractivity contribution in [3.8, 4) is 5.75 Å². The fourth-order valence-electron chi connectivity index (χ4n) is 2.35. The van der Waals surface area contributed by atoms with E-state index in [-0.39, 0.29) is 0 Å². The molecule has 0 radical (unpaired) electrons. The standard InChI is InChI=1S/C21H21N3O3/c1-2-26-21(25)24-18-10-13-20(22-14-18)23-17-8-11-19(12-9-17)27-15-16-6-4-3-5-7-16/h3-14H,2,15H2,1H3,(H,22,23)(H,24,25). The third-order valence-electron chi connectivity index (χ3n) is 3.66. The van der Waals surface area contributed by atoms with E-state index in [0.717, 1.165) is 17.0 Å². The number of pyridine rings is 1. The number of hydrogen-bond acceptors (Lipinski definition) is 5. The maximum absolute atomic E-state index is 11.4. The van der Waals surface area contributed by atoms with E-state index >= 15 is 0 Å². The molecule has 0 saturated heterocycles. The van der Waals surface area contributed by atoms with E-state index in [1.165, 1.54) is 0 Å². The summed E-state index contributed by atoms with van der Waals surface area (Å²) in [5, 5.41) is 5.80. The summed E-state index contributed by atoms with van der Waals surface area (Å²) in [6, 6.07) is 21.2. The number of hydrogen-bond donors (Lipinski definition) is 2. The molecular weight excluding hydrogens is 342 g/mol. The lowest BCUT2D eigenvalue weighted by Gasteiger charge is -2.09. The highest BCUT2D eigenvalue weighted by Crippen LogP contribution is 2.20. The molecular formula is C21H21N3O3. The first-order chi connectivity index (χ1) is 13.2. The summed E-state index contributed by atoms with van der Waals surface area (Å²) in [7, 11) is 0. The summed E-state index contributed by atoms with van der Waals surface area (Å²) >= 11 is 0. The predicted octanol–water partition coefficient (Wildman–Crippen LogP) is 4.97. The Morgan fingerprint density at radius 1 is 0.963 bits per heavy atom. The topological polar surface area (TPSA) is 72.5 Å². The number of anilines is 3. The summed E-state index contributed by atoms with van der Waals surface area (Å²) in [4.78, 5) is 15.6. The van der Waals surface area contributed by atoms with Gasteiger partial charge < -0.3 is 14.8 Å². The second kappa shape index (κ2) is 9.24. The van der Waals surface area contributed by atoms with Gasteiger partial charge in [0, 0.05) is 5.69 Å². The van der Waals surface area contributed by atoms with Crippen molar-refractivity contribution in [2.75, 3.05) is 17.2 Å². The van der Waals surface area contributed by atoms with Gasteiger partial charge >= 0.3 is 6.09 Å². The lowest BCUT2D eigenvalue weighted by molar-refractivity contribution is 0.168. The molecule has 3 rings (SSSR count). The fraction of sp³-hybridized carbons (Fsp3) is 0.143. The van der Waals surface area contributed by atoms with Crippen LogP contribution >= 0.6 is 0 Å². The third kappa shape index (κ3) is 5.74. The van der Waals surface area contributed by atoms with Crippen molar-refractivity contribution in [2.24, 2.45) is 0 Å². The summed E-state index contributed by atoms with van der Waals surface area (Å²) < 4.78 is 10.6. The Balaban J connectivity index is 1.52. The van der Waals surface area contributed by atoms with Gasteiger partial charge in [-0.3, -0.25) is 5.32 Å². The smallest absolute Gasteiger partial charge is 0.411 e. The molecule has 0 fully saturated rings. The van der Waals surface area contributed by atoms with Crippen molar-refractivity contribution < 1.29 is 14.3 Å². The van der Waals surface area contributed by atoms with Crippen molar-refractivity contribution >= 4 is 23.3 Å². The van der Waals surface area contributed by atoms with E-state index in [1.54, 1.807) is 25.3 Å². The zero-order valence-corrected chi connectivity index (χ0v) is 15.0. The number of amides is 1. The Morgan fingerprint density at radius 3 is 2.37 bits per heavy atom. The van der Waals surface area contributed by atoms with Gasteiger partial charge in [-0.15, -0.1) is 0 Å². The molecule has 0 aliphatic rings. The highest BCUT2D eigenvalue weighted by atomic mass is 16.5. The molecule has 0 bridgehead atoms. The molecule has 3 aromatic rings. The van der Waals surface area contributed by atoms with E-state index in [1.807, 2.05) is 54.6 Å².